The molecule has 1 aromatic carbocycles. The van der Waals surface area contributed by atoms with Crippen molar-refractivity contribution in [1.29, 1.82) is 0 Å². The number of sulfonamides is 1. The fraction of sp³-hybridized carbons (Fsp3) is 0.500. The van der Waals surface area contributed by atoms with E-state index in [0.29, 0.717) is 17.9 Å². The van der Waals surface area contributed by atoms with Crippen LogP contribution in [0.2, 0.25) is 0 Å². The van der Waals surface area contributed by atoms with Gasteiger partial charge in [0.05, 0.1) is 18.2 Å². The first-order valence-corrected chi connectivity index (χ1v) is 12.7. The molecule has 1 aromatic rings. The maximum absolute atomic E-state index is 13.4. The van der Waals surface area contributed by atoms with Gasteiger partial charge in [-0.15, -0.1) is 0 Å². The summed E-state index contributed by atoms with van der Waals surface area (Å²) in [6.45, 7) is 2.20. The summed E-state index contributed by atoms with van der Waals surface area (Å²) in [7, 11) is -3.57. The van der Waals surface area contributed by atoms with Gasteiger partial charge in [-0.2, -0.15) is 0 Å². The Morgan fingerprint density at radius 3 is 2.47 bits per heavy atom. The number of hydrogen-bond donors (Lipinski definition) is 0. The zero-order chi connectivity index (χ0) is 21.2. The molecule has 2 fully saturated rings. The summed E-state index contributed by atoms with van der Waals surface area (Å²) in [5.41, 5.74) is 2.76. The van der Waals surface area contributed by atoms with Gasteiger partial charge in [-0.25, -0.2) is 8.42 Å². The number of rotatable bonds is 2. The summed E-state index contributed by atoms with van der Waals surface area (Å²) in [4.78, 5) is 26.9. The molecule has 5 unspecified atom stereocenters. The molecule has 5 nitrogen and oxygen atoms in total. The molecule has 0 amide bonds. The lowest BCUT2D eigenvalue weighted by Crippen LogP contribution is -2.58. The zero-order valence-electron chi connectivity index (χ0n) is 17.3. The average Bonchev–Trinajstić information content (AvgIpc) is 3.14. The summed E-state index contributed by atoms with van der Waals surface area (Å²) in [6, 6.07) is 8.85. The minimum atomic E-state index is -3.57. The summed E-state index contributed by atoms with van der Waals surface area (Å²) < 4.78 is 26.8. The third-order valence-electron chi connectivity index (χ3n) is 7.66. The summed E-state index contributed by atoms with van der Waals surface area (Å²) >= 11 is 0. The highest BCUT2D eigenvalue weighted by Crippen LogP contribution is 2.54. The average molecular weight is 426 g/mol. The summed E-state index contributed by atoms with van der Waals surface area (Å²) in [5.74, 6) is -1.47. The highest BCUT2D eigenvalue weighted by molar-refractivity contribution is 7.88. The molecular weight excluding hydrogens is 398 g/mol. The number of fused-ring (bicyclic) bond motifs is 5. The summed E-state index contributed by atoms with van der Waals surface area (Å²) in [5, 5.41) is 0. The zero-order valence-corrected chi connectivity index (χ0v) is 18.1. The number of allylic oxidation sites excluding steroid dienone is 2. The largest absolute Gasteiger partial charge is 0.291 e. The predicted octanol–water partition coefficient (Wildman–Crippen LogP) is 3.44. The molecule has 0 bridgehead atoms. The fourth-order valence-corrected chi connectivity index (χ4v) is 7.44. The van der Waals surface area contributed by atoms with Crippen molar-refractivity contribution < 1.29 is 18.0 Å². The SMILES string of the molecule is C[C@H]1CCCC2C1=CCC1C2C(=O)C(=O)C2C(c3ccccc3)=CN(S(C)(=O)=O)C21. The molecule has 0 radical (unpaired) electrons. The maximum Gasteiger partial charge on any atom is 0.232 e. The van der Waals surface area contributed by atoms with Crippen LogP contribution in [-0.4, -0.2) is 36.6 Å². The third kappa shape index (κ3) is 2.83. The Kier molecular flexibility index (Phi) is 4.54. The van der Waals surface area contributed by atoms with Gasteiger partial charge in [0.1, 0.15) is 0 Å². The minimum Gasteiger partial charge on any atom is -0.291 e. The van der Waals surface area contributed by atoms with Crippen molar-refractivity contribution in [3.05, 3.63) is 53.7 Å². The van der Waals surface area contributed by atoms with E-state index in [-0.39, 0.29) is 17.6 Å². The number of carbonyl (C=O) groups excluding carboxylic acids is 2. The molecule has 30 heavy (non-hydrogen) atoms. The highest BCUT2D eigenvalue weighted by atomic mass is 32.2. The van der Waals surface area contributed by atoms with Crippen LogP contribution in [0.25, 0.3) is 5.57 Å². The Balaban J connectivity index is 1.64. The number of Topliss-reactive ketones (excluding diaryl/α,β-unsaturated/α-hetero) is 2. The molecule has 0 aromatic heterocycles. The van der Waals surface area contributed by atoms with Gasteiger partial charge in [0.25, 0.3) is 0 Å². The molecule has 1 aliphatic heterocycles. The smallest absolute Gasteiger partial charge is 0.232 e. The molecule has 0 saturated heterocycles. The molecule has 1 heterocycles. The van der Waals surface area contributed by atoms with E-state index in [1.807, 2.05) is 30.3 Å². The van der Waals surface area contributed by atoms with Gasteiger partial charge in [0.2, 0.25) is 21.6 Å². The third-order valence-corrected chi connectivity index (χ3v) is 8.78. The van der Waals surface area contributed by atoms with E-state index in [1.165, 1.54) is 16.1 Å². The van der Waals surface area contributed by atoms with Gasteiger partial charge in [-0.3, -0.25) is 13.9 Å². The quantitative estimate of drug-likeness (QED) is 0.538. The monoisotopic (exact) mass is 425 g/mol. The first-order chi connectivity index (χ1) is 14.3. The Hall–Kier alpha value is -2.21. The van der Waals surface area contributed by atoms with Crippen LogP contribution in [0.4, 0.5) is 0 Å². The molecule has 5 rings (SSSR count). The van der Waals surface area contributed by atoms with Crippen LogP contribution in [0.3, 0.4) is 0 Å². The van der Waals surface area contributed by atoms with Crippen molar-refractivity contribution in [3.8, 4) is 0 Å². The van der Waals surface area contributed by atoms with Gasteiger partial charge < -0.3 is 0 Å². The van der Waals surface area contributed by atoms with E-state index < -0.39 is 33.7 Å². The van der Waals surface area contributed by atoms with E-state index in [9.17, 15) is 18.0 Å². The van der Waals surface area contributed by atoms with Crippen LogP contribution >= 0.6 is 0 Å². The second-order valence-electron chi connectivity index (χ2n) is 9.31. The highest BCUT2D eigenvalue weighted by Gasteiger charge is 2.59. The molecule has 3 aliphatic carbocycles. The topological polar surface area (TPSA) is 71.5 Å². The Bertz CT molecular complexity index is 1070. The second kappa shape index (κ2) is 6.91. The van der Waals surface area contributed by atoms with Crippen LogP contribution in [0, 0.1) is 29.6 Å². The Morgan fingerprint density at radius 1 is 1.03 bits per heavy atom. The molecule has 158 valence electrons. The lowest BCUT2D eigenvalue weighted by molar-refractivity contribution is -0.148. The second-order valence-corrected chi connectivity index (χ2v) is 11.2. The van der Waals surface area contributed by atoms with Crippen molar-refractivity contribution in [3.63, 3.8) is 0 Å². The van der Waals surface area contributed by atoms with E-state index in [1.54, 1.807) is 6.20 Å². The van der Waals surface area contributed by atoms with Gasteiger partial charge in [0, 0.05) is 12.1 Å². The summed E-state index contributed by atoms with van der Waals surface area (Å²) in [6.07, 6.45) is 8.77. The van der Waals surface area contributed by atoms with E-state index >= 15 is 0 Å². The van der Waals surface area contributed by atoms with Crippen molar-refractivity contribution in [2.45, 2.75) is 38.6 Å². The molecule has 2 saturated carbocycles. The van der Waals surface area contributed by atoms with Crippen LogP contribution in [0.5, 0.6) is 0 Å². The number of nitrogens with zero attached hydrogens (tertiary/aromatic N) is 1. The van der Waals surface area contributed by atoms with Crippen LogP contribution in [0.15, 0.2) is 48.2 Å². The van der Waals surface area contributed by atoms with Crippen molar-refractivity contribution in [2.75, 3.05) is 6.26 Å². The van der Waals surface area contributed by atoms with Crippen molar-refractivity contribution in [2.24, 2.45) is 29.6 Å². The molecule has 6 heteroatoms. The maximum atomic E-state index is 13.4. The first kappa shape index (κ1) is 19.7. The Morgan fingerprint density at radius 2 is 1.77 bits per heavy atom. The normalized spacial score (nSPS) is 35.9. The van der Waals surface area contributed by atoms with Crippen LogP contribution < -0.4 is 0 Å². The molecule has 0 N–H and O–H groups in total. The number of ketones is 2. The van der Waals surface area contributed by atoms with E-state index in [4.69, 9.17) is 0 Å². The number of carbonyl (C=O) groups is 2. The van der Waals surface area contributed by atoms with Gasteiger partial charge in [-0.05, 0) is 48.2 Å². The molecule has 0 spiro atoms. The lowest BCUT2D eigenvalue weighted by Gasteiger charge is -2.49. The van der Waals surface area contributed by atoms with Gasteiger partial charge >= 0.3 is 0 Å². The lowest BCUT2D eigenvalue weighted by atomic mass is 9.56. The predicted molar refractivity (Wildman–Crippen MR) is 115 cm³/mol. The molecule has 6 atom stereocenters. The standard InChI is InChI=1S/C24H27NO4S/c1-14-7-6-10-17-16(14)11-12-18-20(17)23(26)24(27)21-19(15-8-4-3-5-9-15)13-25(22(18)21)30(2,28)29/h3-5,8-9,11,13-14,17-18,20-22H,6-7,10,12H2,1-2H3/t14-,17?,18?,20?,21?,22?/m0/s1. The number of benzene rings is 1. The number of hydrogen-bond acceptors (Lipinski definition) is 4. The van der Waals surface area contributed by atoms with Crippen molar-refractivity contribution >= 4 is 27.2 Å². The van der Waals surface area contributed by atoms with Gasteiger partial charge in [0.15, 0.2) is 0 Å². The fourth-order valence-electron chi connectivity index (χ4n) is 6.41. The molecule has 4 aliphatic rings. The van der Waals surface area contributed by atoms with E-state index in [2.05, 4.69) is 13.0 Å². The van der Waals surface area contributed by atoms with Gasteiger partial charge in [-0.1, -0.05) is 55.3 Å². The minimum absolute atomic E-state index is 0.0760. The van der Waals surface area contributed by atoms with Crippen LogP contribution in [0.1, 0.15) is 38.2 Å². The van der Waals surface area contributed by atoms with E-state index in [0.717, 1.165) is 24.8 Å². The first-order valence-electron chi connectivity index (χ1n) is 10.8. The molecular formula is C24H27NO4S. The Labute approximate surface area is 177 Å². The van der Waals surface area contributed by atoms with Crippen LogP contribution in [-0.2, 0) is 19.6 Å². The van der Waals surface area contributed by atoms with Crippen molar-refractivity contribution in [1.82, 2.24) is 4.31 Å².